The van der Waals surface area contributed by atoms with Crippen molar-refractivity contribution in [3.63, 3.8) is 0 Å². The summed E-state index contributed by atoms with van der Waals surface area (Å²) in [6.45, 7) is 0. The fraction of sp³-hybridized carbons (Fsp3) is 0.250. The Balaban J connectivity index is 2.54. The highest BCUT2D eigenvalue weighted by Crippen LogP contribution is 2.27. The van der Waals surface area contributed by atoms with Crippen LogP contribution < -0.4 is 15.4 Å². The number of rotatable bonds is 5. The van der Waals surface area contributed by atoms with Gasteiger partial charge in [0, 0.05) is 18.2 Å². The monoisotopic (exact) mass is 344 g/mol. The Labute approximate surface area is 123 Å². The summed E-state index contributed by atoms with van der Waals surface area (Å²) in [6.07, 6.45) is -0.586. The lowest BCUT2D eigenvalue weighted by Crippen LogP contribution is -2.34. The third-order valence-electron chi connectivity index (χ3n) is 2.23. The molecule has 0 spiro atoms. The minimum Gasteiger partial charge on any atom is -0.495 e. The molecule has 1 rings (SSSR count). The maximum atomic E-state index is 11.5. The number of amides is 3. The Morgan fingerprint density at radius 2 is 2.00 bits per heavy atom. The van der Waals surface area contributed by atoms with Gasteiger partial charge in [-0.2, -0.15) is 0 Å². The lowest BCUT2D eigenvalue weighted by atomic mass is 10.3. The molecular weight excluding hydrogens is 332 g/mol. The van der Waals surface area contributed by atoms with Crippen LogP contribution >= 0.6 is 15.9 Å². The van der Waals surface area contributed by atoms with Gasteiger partial charge in [-0.15, -0.1) is 0 Å². The first-order valence-electron chi connectivity index (χ1n) is 5.58. The third kappa shape index (κ3) is 5.27. The second kappa shape index (κ2) is 7.49. The van der Waals surface area contributed by atoms with Crippen LogP contribution in [0.15, 0.2) is 22.7 Å². The molecular formula is C12H13BrN2O5. The Morgan fingerprint density at radius 1 is 1.30 bits per heavy atom. The van der Waals surface area contributed by atoms with Crippen LogP contribution in [0.5, 0.6) is 5.75 Å². The summed E-state index contributed by atoms with van der Waals surface area (Å²) >= 11 is 3.27. The van der Waals surface area contributed by atoms with Crippen LogP contribution in [0.1, 0.15) is 12.8 Å². The summed E-state index contributed by atoms with van der Waals surface area (Å²) in [5, 5.41) is 12.9. The van der Waals surface area contributed by atoms with E-state index in [1.54, 1.807) is 18.2 Å². The van der Waals surface area contributed by atoms with Gasteiger partial charge in [-0.3, -0.25) is 14.9 Å². The van der Waals surface area contributed by atoms with Gasteiger partial charge in [-0.1, -0.05) is 0 Å². The lowest BCUT2D eigenvalue weighted by Gasteiger charge is -2.09. The first-order chi connectivity index (χ1) is 9.42. The van der Waals surface area contributed by atoms with Crippen LogP contribution in [-0.4, -0.2) is 30.1 Å². The van der Waals surface area contributed by atoms with Gasteiger partial charge >= 0.3 is 12.0 Å². The van der Waals surface area contributed by atoms with Crippen LogP contribution in [0, 0.1) is 0 Å². The molecule has 0 fully saturated rings. The minimum atomic E-state index is -1.10. The molecule has 0 heterocycles. The molecule has 0 aromatic heterocycles. The molecule has 3 N–H and O–H groups in total. The molecule has 0 aliphatic heterocycles. The van der Waals surface area contributed by atoms with E-state index in [1.807, 2.05) is 5.32 Å². The number of carboxylic acid groups (broad SMARTS) is 1. The number of urea groups is 1. The Bertz CT molecular complexity index is 533. The number of benzene rings is 1. The largest absolute Gasteiger partial charge is 0.495 e. The number of halogens is 1. The van der Waals surface area contributed by atoms with Crippen molar-refractivity contribution < 1.29 is 24.2 Å². The zero-order valence-electron chi connectivity index (χ0n) is 10.6. The van der Waals surface area contributed by atoms with Crippen molar-refractivity contribution in [2.45, 2.75) is 12.8 Å². The predicted octanol–water partition coefficient (Wildman–Crippen LogP) is 1.97. The van der Waals surface area contributed by atoms with Crippen LogP contribution in [0.3, 0.4) is 0 Å². The van der Waals surface area contributed by atoms with Crippen LogP contribution in [0.4, 0.5) is 10.5 Å². The molecule has 108 valence electrons. The van der Waals surface area contributed by atoms with E-state index in [0.29, 0.717) is 11.4 Å². The molecule has 20 heavy (non-hydrogen) atoms. The van der Waals surface area contributed by atoms with Crippen molar-refractivity contribution in [3.8, 4) is 5.75 Å². The zero-order chi connectivity index (χ0) is 15.1. The quantitative estimate of drug-likeness (QED) is 0.757. The topological polar surface area (TPSA) is 105 Å². The maximum Gasteiger partial charge on any atom is 0.325 e. The second-order valence-electron chi connectivity index (χ2n) is 3.75. The second-order valence-corrected chi connectivity index (χ2v) is 4.60. The molecule has 0 saturated heterocycles. The van der Waals surface area contributed by atoms with Crippen molar-refractivity contribution in [1.29, 1.82) is 0 Å². The highest BCUT2D eigenvalue weighted by molar-refractivity contribution is 9.10. The van der Waals surface area contributed by atoms with Gasteiger partial charge in [0.1, 0.15) is 5.75 Å². The first-order valence-corrected chi connectivity index (χ1v) is 6.38. The number of imide groups is 1. The zero-order valence-corrected chi connectivity index (χ0v) is 12.2. The van der Waals surface area contributed by atoms with Gasteiger partial charge in [0.05, 0.1) is 18.0 Å². The van der Waals surface area contributed by atoms with E-state index in [9.17, 15) is 14.4 Å². The van der Waals surface area contributed by atoms with Crippen molar-refractivity contribution in [2.24, 2.45) is 0 Å². The van der Waals surface area contributed by atoms with Crippen molar-refractivity contribution >= 4 is 39.5 Å². The van der Waals surface area contributed by atoms with E-state index in [-0.39, 0.29) is 12.8 Å². The smallest absolute Gasteiger partial charge is 0.325 e. The normalized spacial score (nSPS) is 9.70. The average molecular weight is 345 g/mol. The van der Waals surface area contributed by atoms with E-state index in [1.165, 1.54) is 7.11 Å². The van der Waals surface area contributed by atoms with Crippen LogP contribution in [0.25, 0.3) is 0 Å². The number of carboxylic acids is 1. The molecule has 0 aliphatic rings. The highest BCUT2D eigenvalue weighted by Gasteiger charge is 2.10. The number of carbonyl (C=O) groups is 3. The number of carbonyl (C=O) groups excluding carboxylic acids is 2. The molecule has 1 aromatic rings. The molecule has 8 heteroatoms. The Morgan fingerprint density at radius 3 is 2.60 bits per heavy atom. The number of hydrogen-bond acceptors (Lipinski definition) is 4. The number of hydrogen-bond donors (Lipinski definition) is 3. The standard InChI is InChI=1S/C12H13BrN2O5/c1-20-9-6-7(2-3-8(9)13)14-12(19)15-10(16)4-5-11(17)18/h2-3,6H,4-5H2,1H3,(H,17,18)(H2,14,15,16,19). The first kappa shape index (κ1) is 16.0. The molecule has 1 aromatic carbocycles. The summed E-state index contributed by atoms with van der Waals surface area (Å²) in [5.74, 6) is -1.23. The van der Waals surface area contributed by atoms with Gasteiger partial charge in [-0.25, -0.2) is 4.79 Å². The van der Waals surface area contributed by atoms with Gasteiger partial charge in [0.15, 0.2) is 0 Å². The van der Waals surface area contributed by atoms with Crippen LogP contribution in [-0.2, 0) is 9.59 Å². The Kier molecular flexibility index (Phi) is 5.98. The molecule has 3 amide bonds. The van der Waals surface area contributed by atoms with Crippen LogP contribution in [0.2, 0.25) is 0 Å². The Hall–Kier alpha value is -2.09. The fourth-order valence-electron chi connectivity index (χ4n) is 1.31. The summed E-state index contributed by atoms with van der Waals surface area (Å²) in [5.41, 5.74) is 0.439. The van der Waals surface area contributed by atoms with Gasteiger partial charge < -0.3 is 15.2 Å². The molecule has 7 nitrogen and oxygen atoms in total. The molecule has 0 unspecified atom stereocenters. The van der Waals surface area contributed by atoms with Crippen molar-refractivity contribution in [2.75, 3.05) is 12.4 Å². The predicted molar refractivity (Wildman–Crippen MR) is 74.7 cm³/mol. The average Bonchev–Trinajstić information content (AvgIpc) is 2.38. The number of ether oxygens (including phenoxy) is 1. The van der Waals surface area contributed by atoms with E-state index in [0.717, 1.165) is 4.47 Å². The maximum absolute atomic E-state index is 11.5. The lowest BCUT2D eigenvalue weighted by molar-refractivity contribution is -0.138. The number of nitrogens with one attached hydrogen (secondary N) is 2. The van der Waals surface area contributed by atoms with Gasteiger partial charge in [0.25, 0.3) is 0 Å². The number of methoxy groups -OCH3 is 1. The van der Waals surface area contributed by atoms with E-state index in [2.05, 4.69) is 21.2 Å². The number of anilines is 1. The van der Waals surface area contributed by atoms with E-state index >= 15 is 0 Å². The molecule has 0 aliphatic carbocycles. The summed E-state index contributed by atoms with van der Waals surface area (Å²) < 4.78 is 5.79. The molecule has 0 saturated carbocycles. The van der Waals surface area contributed by atoms with E-state index in [4.69, 9.17) is 9.84 Å². The molecule has 0 radical (unpaired) electrons. The van der Waals surface area contributed by atoms with Gasteiger partial charge in [-0.05, 0) is 28.1 Å². The van der Waals surface area contributed by atoms with E-state index < -0.39 is 17.9 Å². The molecule has 0 atom stereocenters. The third-order valence-corrected chi connectivity index (χ3v) is 2.88. The highest BCUT2D eigenvalue weighted by atomic mass is 79.9. The summed E-state index contributed by atoms with van der Waals surface area (Å²) in [6, 6.07) is 4.14. The number of aliphatic carboxylic acids is 1. The fourth-order valence-corrected chi connectivity index (χ4v) is 1.72. The summed E-state index contributed by atoms with van der Waals surface area (Å²) in [4.78, 5) is 33.1. The van der Waals surface area contributed by atoms with Crippen molar-refractivity contribution in [1.82, 2.24) is 5.32 Å². The van der Waals surface area contributed by atoms with Crippen molar-refractivity contribution in [3.05, 3.63) is 22.7 Å². The molecule has 0 bridgehead atoms. The summed E-state index contributed by atoms with van der Waals surface area (Å²) in [7, 11) is 1.49. The minimum absolute atomic E-state index is 0.258. The van der Waals surface area contributed by atoms with Gasteiger partial charge in [0.2, 0.25) is 5.91 Å². The SMILES string of the molecule is COc1cc(NC(=O)NC(=O)CCC(=O)O)ccc1Br.